The fourth-order valence-electron chi connectivity index (χ4n) is 2.22. The first-order valence-corrected chi connectivity index (χ1v) is 8.55. The fraction of sp³-hybridized carbons (Fsp3) is 0.222. The second-order valence-corrected chi connectivity index (χ2v) is 6.19. The Labute approximate surface area is 144 Å². The van der Waals surface area contributed by atoms with Crippen molar-refractivity contribution in [1.82, 2.24) is 10.3 Å². The SMILES string of the molecule is Cc1oc(-c2cccs2)nc1CCNC(=O)OCc1ccccc1. The number of oxazole rings is 1. The summed E-state index contributed by atoms with van der Waals surface area (Å²) in [5.41, 5.74) is 1.81. The van der Waals surface area contributed by atoms with Crippen LogP contribution in [0.15, 0.2) is 52.3 Å². The maximum atomic E-state index is 11.7. The molecule has 0 spiro atoms. The zero-order valence-corrected chi connectivity index (χ0v) is 14.1. The molecule has 6 heteroatoms. The molecule has 0 saturated carbocycles. The van der Waals surface area contributed by atoms with Gasteiger partial charge in [0, 0.05) is 13.0 Å². The molecule has 124 valence electrons. The smallest absolute Gasteiger partial charge is 0.407 e. The number of thiophene rings is 1. The van der Waals surface area contributed by atoms with Crippen molar-refractivity contribution in [3.8, 4) is 10.8 Å². The van der Waals surface area contributed by atoms with Gasteiger partial charge >= 0.3 is 6.09 Å². The number of nitrogens with zero attached hydrogens (tertiary/aromatic N) is 1. The lowest BCUT2D eigenvalue weighted by atomic mass is 10.2. The number of aryl methyl sites for hydroxylation is 1. The number of carbonyl (C=O) groups is 1. The van der Waals surface area contributed by atoms with Crippen LogP contribution in [0.3, 0.4) is 0 Å². The van der Waals surface area contributed by atoms with Crippen LogP contribution in [0, 0.1) is 6.92 Å². The zero-order valence-electron chi connectivity index (χ0n) is 13.3. The van der Waals surface area contributed by atoms with E-state index in [0.29, 0.717) is 18.9 Å². The molecule has 0 aliphatic carbocycles. The van der Waals surface area contributed by atoms with Gasteiger partial charge in [-0.05, 0) is 23.9 Å². The first kappa shape index (κ1) is 16.3. The Kier molecular flexibility index (Phi) is 5.28. The maximum absolute atomic E-state index is 11.7. The van der Waals surface area contributed by atoms with Crippen molar-refractivity contribution in [3.05, 3.63) is 64.9 Å². The number of nitrogens with one attached hydrogen (secondary N) is 1. The van der Waals surface area contributed by atoms with Crippen LogP contribution < -0.4 is 5.32 Å². The van der Waals surface area contributed by atoms with Crippen molar-refractivity contribution in [2.75, 3.05) is 6.54 Å². The van der Waals surface area contributed by atoms with Crippen LogP contribution in [0.25, 0.3) is 10.8 Å². The minimum Gasteiger partial charge on any atom is -0.445 e. The number of amides is 1. The molecule has 3 rings (SSSR count). The number of hydrogen-bond donors (Lipinski definition) is 1. The Morgan fingerprint density at radius 1 is 1.25 bits per heavy atom. The average Bonchev–Trinajstić information content (AvgIpc) is 3.24. The third-order valence-electron chi connectivity index (χ3n) is 3.47. The first-order valence-electron chi connectivity index (χ1n) is 7.67. The van der Waals surface area contributed by atoms with Crippen LogP contribution in [0.4, 0.5) is 4.79 Å². The summed E-state index contributed by atoms with van der Waals surface area (Å²) in [4.78, 5) is 17.2. The van der Waals surface area contributed by atoms with Gasteiger partial charge < -0.3 is 14.5 Å². The van der Waals surface area contributed by atoms with E-state index in [0.717, 1.165) is 21.9 Å². The lowest BCUT2D eigenvalue weighted by Crippen LogP contribution is -2.26. The van der Waals surface area contributed by atoms with E-state index in [1.807, 2.05) is 54.8 Å². The van der Waals surface area contributed by atoms with Gasteiger partial charge in [0.1, 0.15) is 12.4 Å². The van der Waals surface area contributed by atoms with Crippen molar-refractivity contribution >= 4 is 17.4 Å². The van der Waals surface area contributed by atoms with Gasteiger partial charge in [-0.25, -0.2) is 9.78 Å². The van der Waals surface area contributed by atoms with E-state index in [1.165, 1.54) is 0 Å². The Morgan fingerprint density at radius 3 is 2.83 bits per heavy atom. The highest BCUT2D eigenvalue weighted by Crippen LogP contribution is 2.25. The van der Waals surface area contributed by atoms with Gasteiger partial charge in [0.15, 0.2) is 0 Å². The summed E-state index contributed by atoms with van der Waals surface area (Å²) in [5, 5.41) is 4.72. The molecule has 1 aromatic carbocycles. The number of aromatic nitrogens is 1. The summed E-state index contributed by atoms with van der Waals surface area (Å²) in [6.07, 6.45) is 0.166. The van der Waals surface area contributed by atoms with E-state index in [4.69, 9.17) is 9.15 Å². The normalized spacial score (nSPS) is 10.5. The molecule has 0 bridgehead atoms. The predicted octanol–water partition coefficient (Wildman–Crippen LogP) is 4.18. The lowest BCUT2D eigenvalue weighted by molar-refractivity contribution is 0.140. The highest BCUT2D eigenvalue weighted by atomic mass is 32.1. The summed E-state index contributed by atoms with van der Waals surface area (Å²) in [6, 6.07) is 13.5. The fourth-order valence-corrected chi connectivity index (χ4v) is 2.87. The monoisotopic (exact) mass is 342 g/mol. The Hall–Kier alpha value is -2.60. The Balaban J connectivity index is 1.45. The molecule has 1 N–H and O–H groups in total. The number of carbonyl (C=O) groups excluding carboxylic acids is 1. The van der Waals surface area contributed by atoms with Crippen LogP contribution >= 0.6 is 11.3 Å². The van der Waals surface area contributed by atoms with Crippen LogP contribution in [0.1, 0.15) is 17.0 Å². The van der Waals surface area contributed by atoms with Crippen molar-refractivity contribution in [3.63, 3.8) is 0 Å². The van der Waals surface area contributed by atoms with Gasteiger partial charge in [-0.3, -0.25) is 0 Å². The first-order chi connectivity index (χ1) is 11.7. The highest BCUT2D eigenvalue weighted by Gasteiger charge is 2.12. The number of ether oxygens (including phenoxy) is 1. The molecular formula is C18H18N2O3S. The number of rotatable bonds is 6. The second kappa shape index (κ2) is 7.79. The lowest BCUT2D eigenvalue weighted by Gasteiger charge is -2.06. The molecular weight excluding hydrogens is 324 g/mol. The van der Waals surface area contributed by atoms with Crippen molar-refractivity contribution in [2.24, 2.45) is 0 Å². The molecule has 0 radical (unpaired) electrons. The molecule has 3 aromatic rings. The van der Waals surface area contributed by atoms with Crippen LogP contribution in [0.2, 0.25) is 0 Å². The van der Waals surface area contributed by atoms with Crippen molar-refractivity contribution in [1.29, 1.82) is 0 Å². The maximum Gasteiger partial charge on any atom is 0.407 e. The molecule has 0 aliphatic rings. The average molecular weight is 342 g/mol. The molecule has 2 aromatic heterocycles. The minimum absolute atomic E-state index is 0.262. The Bertz CT molecular complexity index is 782. The third kappa shape index (κ3) is 4.23. The summed E-state index contributed by atoms with van der Waals surface area (Å²) in [5.74, 6) is 1.40. The molecule has 2 heterocycles. The van der Waals surface area contributed by atoms with E-state index in [1.54, 1.807) is 11.3 Å². The predicted molar refractivity (Wildman–Crippen MR) is 92.9 cm³/mol. The van der Waals surface area contributed by atoms with Crippen LogP contribution in [0.5, 0.6) is 0 Å². The second-order valence-electron chi connectivity index (χ2n) is 5.24. The van der Waals surface area contributed by atoms with Gasteiger partial charge in [-0.2, -0.15) is 0 Å². The third-order valence-corrected chi connectivity index (χ3v) is 4.33. The van der Waals surface area contributed by atoms with Crippen LogP contribution in [-0.4, -0.2) is 17.6 Å². The molecule has 0 saturated heterocycles. The summed E-state index contributed by atoms with van der Waals surface area (Å²) in [7, 11) is 0. The van der Waals surface area contributed by atoms with E-state index < -0.39 is 6.09 Å². The standard InChI is InChI=1S/C18H18N2O3S/c1-13-15(20-17(23-13)16-8-5-11-24-16)9-10-19-18(21)22-12-14-6-3-2-4-7-14/h2-8,11H,9-10,12H2,1H3,(H,19,21). The quantitative estimate of drug-likeness (QED) is 0.730. The van der Waals surface area contributed by atoms with Crippen molar-refractivity contribution < 1.29 is 13.9 Å². The van der Waals surface area contributed by atoms with Gasteiger partial charge in [0.25, 0.3) is 0 Å². The summed E-state index contributed by atoms with van der Waals surface area (Å²) >= 11 is 1.59. The summed E-state index contributed by atoms with van der Waals surface area (Å²) in [6.45, 7) is 2.59. The minimum atomic E-state index is -0.432. The van der Waals surface area contributed by atoms with E-state index in [-0.39, 0.29) is 6.61 Å². The van der Waals surface area contributed by atoms with Gasteiger partial charge in [0.05, 0.1) is 10.6 Å². The Morgan fingerprint density at radius 2 is 2.08 bits per heavy atom. The van der Waals surface area contributed by atoms with Gasteiger partial charge in [-0.1, -0.05) is 36.4 Å². The number of benzene rings is 1. The van der Waals surface area contributed by atoms with Crippen LogP contribution in [-0.2, 0) is 17.8 Å². The molecule has 0 unspecified atom stereocenters. The van der Waals surface area contributed by atoms with Gasteiger partial charge in [0.2, 0.25) is 5.89 Å². The van der Waals surface area contributed by atoms with E-state index >= 15 is 0 Å². The number of alkyl carbamates (subject to hydrolysis) is 1. The topological polar surface area (TPSA) is 64.4 Å². The van der Waals surface area contributed by atoms with E-state index in [2.05, 4.69) is 10.3 Å². The largest absolute Gasteiger partial charge is 0.445 e. The molecule has 0 atom stereocenters. The highest BCUT2D eigenvalue weighted by molar-refractivity contribution is 7.13. The molecule has 5 nitrogen and oxygen atoms in total. The molecule has 0 aliphatic heterocycles. The summed E-state index contributed by atoms with van der Waals surface area (Å²) < 4.78 is 10.8. The van der Waals surface area contributed by atoms with Crippen molar-refractivity contribution in [2.45, 2.75) is 20.0 Å². The molecule has 0 fully saturated rings. The molecule has 24 heavy (non-hydrogen) atoms. The number of hydrogen-bond acceptors (Lipinski definition) is 5. The van der Waals surface area contributed by atoms with E-state index in [9.17, 15) is 4.79 Å². The molecule has 1 amide bonds. The van der Waals surface area contributed by atoms with Gasteiger partial charge in [-0.15, -0.1) is 11.3 Å². The zero-order chi connectivity index (χ0) is 16.8.